The zero-order chi connectivity index (χ0) is 15.6. The van der Waals surface area contributed by atoms with Crippen LogP contribution in [0.2, 0.25) is 0 Å². The summed E-state index contributed by atoms with van der Waals surface area (Å²) in [6.07, 6.45) is 3.97. The normalized spacial score (nSPS) is 10.8. The third-order valence-electron chi connectivity index (χ3n) is 3.94. The van der Waals surface area contributed by atoms with Crippen LogP contribution in [-0.2, 0) is 0 Å². The fourth-order valence-electron chi connectivity index (χ4n) is 2.70. The Bertz CT molecular complexity index is 935. The van der Waals surface area contributed by atoms with E-state index in [0.29, 0.717) is 0 Å². The summed E-state index contributed by atoms with van der Waals surface area (Å²) in [7, 11) is 1.67. The summed E-state index contributed by atoms with van der Waals surface area (Å²) in [6, 6.07) is 18.5. The van der Waals surface area contributed by atoms with E-state index in [1.807, 2.05) is 36.7 Å². The van der Waals surface area contributed by atoms with Gasteiger partial charge in [-0.05, 0) is 59.5 Å². The molecule has 0 saturated heterocycles. The molecular weight excluding hydrogens is 286 g/mol. The summed E-state index contributed by atoms with van der Waals surface area (Å²) in [5.41, 5.74) is 4.52. The van der Waals surface area contributed by atoms with Crippen LogP contribution >= 0.6 is 0 Å². The van der Waals surface area contributed by atoms with E-state index in [-0.39, 0.29) is 0 Å². The molecule has 0 amide bonds. The summed E-state index contributed by atoms with van der Waals surface area (Å²) < 4.78 is 5.17. The van der Waals surface area contributed by atoms with Gasteiger partial charge in [0, 0.05) is 29.2 Å². The number of aromatic amines is 2. The van der Waals surface area contributed by atoms with Crippen molar-refractivity contribution in [3.8, 4) is 16.9 Å². The van der Waals surface area contributed by atoms with Gasteiger partial charge in [-0.25, -0.2) is 0 Å². The van der Waals surface area contributed by atoms with Crippen LogP contribution in [0.25, 0.3) is 22.0 Å². The Kier molecular flexibility index (Phi) is 3.27. The van der Waals surface area contributed by atoms with Crippen molar-refractivity contribution in [2.45, 2.75) is 0 Å². The van der Waals surface area contributed by atoms with Crippen LogP contribution in [0.1, 0.15) is 0 Å². The van der Waals surface area contributed by atoms with E-state index in [4.69, 9.17) is 4.74 Å². The molecular formula is C19H17N3O. The van der Waals surface area contributed by atoms with Crippen molar-refractivity contribution in [3.05, 3.63) is 67.0 Å². The van der Waals surface area contributed by atoms with Crippen LogP contribution in [0.4, 0.5) is 11.5 Å². The maximum atomic E-state index is 5.17. The first-order valence-corrected chi connectivity index (χ1v) is 7.49. The second-order valence-corrected chi connectivity index (χ2v) is 5.44. The average molecular weight is 303 g/mol. The van der Waals surface area contributed by atoms with Gasteiger partial charge in [0.25, 0.3) is 0 Å². The maximum absolute atomic E-state index is 5.17. The molecule has 0 saturated carbocycles. The molecule has 0 spiro atoms. The van der Waals surface area contributed by atoms with Crippen molar-refractivity contribution in [1.29, 1.82) is 0 Å². The number of hydrogen-bond acceptors (Lipinski definition) is 2. The van der Waals surface area contributed by atoms with E-state index >= 15 is 0 Å². The summed E-state index contributed by atoms with van der Waals surface area (Å²) >= 11 is 0. The first-order valence-electron chi connectivity index (χ1n) is 7.49. The van der Waals surface area contributed by atoms with Gasteiger partial charge < -0.3 is 20.0 Å². The Morgan fingerprint density at radius 3 is 2.57 bits per heavy atom. The number of nitrogens with one attached hydrogen (secondary N) is 3. The highest BCUT2D eigenvalue weighted by molar-refractivity contribution is 5.85. The number of aromatic nitrogens is 2. The molecule has 2 aromatic heterocycles. The Hall–Kier alpha value is -3.14. The minimum atomic E-state index is 0.850. The number of hydrogen-bond donors (Lipinski definition) is 3. The zero-order valence-corrected chi connectivity index (χ0v) is 12.8. The van der Waals surface area contributed by atoms with Gasteiger partial charge >= 0.3 is 0 Å². The molecule has 0 aliphatic carbocycles. The lowest BCUT2D eigenvalue weighted by Gasteiger charge is -2.05. The number of H-pyrrole nitrogens is 2. The van der Waals surface area contributed by atoms with Gasteiger partial charge in [0.2, 0.25) is 0 Å². The van der Waals surface area contributed by atoms with E-state index in [2.05, 4.69) is 45.6 Å². The molecule has 0 radical (unpaired) electrons. The third kappa shape index (κ3) is 2.66. The fraction of sp³-hybridized carbons (Fsp3) is 0.0526. The Morgan fingerprint density at radius 1 is 0.870 bits per heavy atom. The van der Waals surface area contributed by atoms with Crippen molar-refractivity contribution >= 4 is 22.4 Å². The van der Waals surface area contributed by atoms with E-state index in [1.165, 1.54) is 10.9 Å². The summed E-state index contributed by atoms with van der Waals surface area (Å²) in [4.78, 5) is 6.49. The van der Waals surface area contributed by atoms with Crippen LogP contribution in [-0.4, -0.2) is 17.1 Å². The SMILES string of the molecule is COc1ccc(Nc2cc(-c3ccc4[nH]ccc4c3)c[nH]2)cc1. The second kappa shape index (κ2) is 5.57. The summed E-state index contributed by atoms with van der Waals surface area (Å²) in [5.74, 6) is 1.81. The van der Waals surface area contributed by atoms with Crippen molar-refractivity contribution in [2.75, 3.05) is 12.4 Å². The highest BCUT2D eigenvalue weighted by Crippen LogP contribution is 2.27. The van der Waals surface area contributed by atoms with Gasteiger partial charge in [-0.1, -0.05) is 6.07 Å². The van der Waals surface area contributed by atoms with E-state index in [0.717, 1.165) is 28.3 Å². The first kappa shape index (κ1) is 13.5. The molecule has 114 valence electrons. The summed E-state index contributed by atoms with van der Waals surface area (Å²) in [5, 5.41) is 4.58. The van der Waals surface area contributed by atoms with Crippen LogP contribution in [0.3, 0.4) is 0 Å². The van der Waals surface area contributed by atoms with Crippen LogP contribution in [0, 0.1) is 0 Å². The maximum Gasteiger partial charge on any atom is 0.119 e. The molecule has 4 aromatic rings. The molecule has 0 bridgehead atoms. The lowest BCUT2D eigenvalue weighted by atomic mass is 10.1. The molecule has 0 aliphatic heterocycles. The van der Waals surface area contributed by atoms with Crippen molar-refractivity contribution in [3.63, 3.8) is 0 Å². The molecule has 4 rings (SSSR count). The number of benzene rings is 2. The molecule has 4 nitrogen and oxygen atoms in total. The highest BCUT2D eigenvalue weighted by atomic mass is 16.5. The number of methoxy groups -OCH3 is 1. The predicted octanol–water partition coefficient (Wildman–Crippen LogP) is 4.92. The molecule has 0 atom stereocenters. The van der Waals surface area contributed by atoms with Crippen LogP contribution in [0.5, 0.6) is 5.75 Å². The Labute approximate surface area is 134 Å². The molecule has 2 heterocycles. The fourth-order valence-corrected chi connectivity index (χ4v) is 2.70. The molecule has 3 N–H and O–H groups in total. The minimum absolute atomic E-state index is 0.850. The van der Waals surface area contributed by atoms with Crippen molar-refractivity contribution in [2.24, 2.45) is 0 Å². The topological polar surface area (TPSA) is 52.8 Å². The molecule has 23 heavy (non-hydrogen) atoms. The number of fused-ring (bicyclic) bond motifs is 1. The van der Waals surface area contributed by atoms with Crippen LogP contribution < -0.4 is 10.1 Å². The van der Waals surface area contributed by atoms with Gasteiger partial charge in [0.1, 0.15) is 11.6 Å². The molecule has 0 aliphatic rings. The van der Waals surface area contributed by atoms with Gasteiger partial charge in [-0.3, -0.25) is 0 Å². The number of ether oxygens (including phenoxy) is 1. The molecule has 4 heteroatoms. The molecule has 2 aromatic carbocycles. The van der Waals surface area contributed by atoms with E-state index in [1.54, 1.807) is 7.11 Å². The monoisotopic (exact) mass is 303 g/mol. The Balaban J connectivity index is 1.57. The highest BCUT2D eigenvalue weighted by Gasteiger charge is 2.04. The molecule has 0 unspecified atom stereocenters. The quantitative estimate of drug-likeness (QED) is 0.501. The molecule has 0 fully saturated rings. The van der Waals surface area contributed by atoms with Gasteiger partial charge in [-0.15, -0.1) is 0 Å². The van der Waals surface area contributed by atoms with Crippen molar-refractivity contribution in [1.82, 2.24) is 9.97 Å². The standard InChI is InChI=1S/C19H17N3O/c1-23-17-5-3-16(4-6-17)22-19-11-15(12-21-19)13-2-7-18-14(10-13)8-9-20-18/h2-12,20-22H,1H3. The summed E-state index contributed by atoms with van der Waals surface area (Å²) in [6.45, 7) is 0. The van der Waals surface area contributed by atoms with E-state index in [9.17, 15) is 0 Å². The predicted molar refractivity (Wildman–Crippen MR) is 94.4 cm³/mol. The lowest BCUT2D eigenvalue weighted by Crippen LogP contribution is -1.90. The van der Waals surface area contributed by atoms with Gasteiger partial charge in [0.05, 0.1) is 7.11 Å². The average Bonchev–Trinajstić information content (AvgIpc) is 3.23. The zero-order valence-electron chi connectivity index (χ0n) is 12.8. The lowest BCUT2D eigenvalue weighted by molar-refractivity contribution is 0.415. The Morgan fingerprint density at radius 2 is 1.74 bits per heavy atom. The van der Waals surface area contributed by atoms with Crippen LogP contribution in [0.15, 0.2) is 67.0 Å². The smallest absolute Gasteiger partial charge is 0.119 e. The second-order valence-electron chi connectivity index (χ2n) is 5.44. The number of rotatable bonds is 4. The number of anilines is 2. The van der Waals surface area contributed by atoms with Gasteiger partial charge in [0.15, 0.2) is 0 Å². The van der Waals surface area contributed by atoms with Gasteiger partial charge in [-0.2, -0.15) is 0 Å². The first-order chi connectivity index (χ1) is 11.3. The van der Waals surface area contributed by atoms with Crippen molar-refractivity contribution < 1.29 is 4.74 Å². The minimum Gasteiger partial charge on any atom is -0.497 e. The largest absolute Gasteiger partial charge is 0.497 e. The third-order valence-corrected chi connectivity index (χ3v) is 3.94. The van der Waals surface area contributed by atoms with E-state index < -0.39 is 0 Å².